The van der Waals surface area contributed by atoms with Crippen molar-refractivity contribution < 1.29 is 23.9 Å². The number of benzene rings is 3. The van der Waals surface area contributed by atoms with Crippen LogP contribution in [0.15, 0.2) is 93.8 Å². The normalized spacial score (nSPS) is 23.9. The fourth-order valence-corrected chi connectivity index (χ4v) is 7.01. The Balaban J connectivity index is 1.18. The van der Waals surface area contributed by atoms with E-state index in [-0.39, 0.29) is 24.4 Å². The Kier molecular flexibility index (Phi) is 8.51. The van der Waals surface area contributed by atoms with Gasteiger partial charge < -0.3 is 9.47 Å². The summed E-state index contributed by atoms with van der Waals surface area (Å²) in [5, 5.41) is 16.2. The van der Waals surface area contributed by atoms with Crippen LogP contribution >= 0.6 is 0 Å². The number of anilines is 1. The number of fused-ring (bicyclic) bond motifs is 2. The molecule has 3 heterocycles. The molecule has 11 heteroatoms. The molecular formula is C37H38N6O5. The molecule has 0 aromatic heterocycles. The summed E-state index contributed by atoms with van der Waals surface area (Å²) in [5.41, 5.74) is 5.44. The number of rotatable bonds is 9. The number of aryl methyl sites for hydroxylation is 1. The van der Waals surface area contributed by atoms with Gasteiger partial charge in [0, 0.05) is 5.92 Å². The van der Waals surface area contributed by atoms with Crippen LogP contribution in [-0.4, -0.2) is 65.3 Å². The highest BCUT2D eigenvalue weighted by Crippen LogP contribution is 2.45. The van der Waals surface area contributed by atoms with Crippen LogP contribution in [0.5, 0.6) is 11.5 Å². The van der Waals surface area contributed by atoms with Crippen molar-refractivity contribution in [2.75, 3.05) is 24.7 Å². The van der Waals surface area contributed by atoms with E-state index in [1.807, 2.05) is 81.4 Å². The second-order valence-corrected chi connectivity index (χ2v) is 12.4. The van der Waals surface area contributed by atoms with Crippen LogP contribution in [0.25, 0.3) is 6.08 Å². The number of allylic oxidation sites excluding steroid dienone is 1. The Hall–Kier alpha value is -5.32. The van der Waals surface area contributed by atoms with Gasteiger partial charge in [0.25, 0.3) is 17.7 Å². The molecule has 3 aromatic rings. The van der Waals surface area contributed by atoms with Crippen LogP contribution in [0.3, 0.4) is 0 Å². The molecule has 0 spiro atoms. The van der Waals surface area contributed by atoms with Gasteiger partial charge in [-0.15, -0.1) is 0 Å². The first-order valence-electron chi connectivity index (χ1n) is 16.5. The van der Waals surface area contributed by atoms with Gasteiger partial charge in [-0.25, -0.2) is 9.91 Å². The molecule has 11 nitrogen and oxygen atoms in total. The highest BCUT2D eigenvalue weighted by molar-refractivity contribution is 6.25. The van der Waals surface area contributed by atoms with Crippen molar-refractivity contribution in [3.05, 3.63) is 95.1 Å². The first kappa shape index (κ1) is 31.3. The summed E-state index contributed by atoms with van der Waals surface area (Å²) in [6.07, 6.45) is 4.81. The van der Waals surface area contributed by atoms with Gasteiger partial charge in [0.05, 0.1) is 30.7 Å². The zero-order chi connectivity index (χ0) is 33.4. The molecule has 7 rings (SSSR count). The zero-order valence-electron chi connectivity index (χ0n) is 27.3. The van der Waals surface area contributed by atoms with E-state index in [4.69, 9.17) is 14.6 Å². The maximum Gasteiger partial charge on any atom is 0.264 e. The number of nitrogens with zero attached hydrogens (tertiary/aromatic N) is 6. The number of ether oxygens (including phenoxy) is 2. The average Bonchev–Trinajstić information content (AvgIpc) is 3.76. The number of imide groups is 1. The van der Waals surface area contributed by atoms with E-state index in [0.29, 0.717) is 18.9 Å². The molecule has 3 amide bonds. The van der Waals surface area contributed by atoms with E-state index in [9.17, 15) is 14.4 Å². The van der Waals surface area contributed by atoms with Crippen LogP contribution in [0.2, 0.25) is 0 Å². The van der Waals surface area contributed by atoms with Crippen molar-refractivity contribution in [3.63, 3.8) is 0 Å². The lowest BCUT2D eigenvalue weighted by Gasteiger charge is -2.30. The highest BCUT2D eigenvalue weighted by Gasteiger charge is 2.55. The third-order valence-corrected chi connectivity index (χ3v) is 9.27. The van der Waals surface area contributed by atoms with E-state index in [0.717, 1.165) is 63.6 Å². The van der Waals surface area contributed by atoms with Gasteiger partial charge in [0.1, 0.15) is 18.0 Å². The van der Waals surface area contributed by atoms with Gasteiger partial charge in [0.2, 0.25) is 0 Å². The minimum Gasteiger partial charge on any atom is -0.494 e. The minimum absolute atomic E-state index is 0.0192. The standard InChI is InChI=1S/C37H38N6O5/c1-4-47-28-17-11-24(12-18-28)21-26-7-6-8-30-32(26)39-43(34(30)25-13-19-29(20-14-25)48-5-2)31(44)22-41-35-33(38-40-41)36(45)42(37(35)46)27-15-9-23(3)10-16-27/h9-21,30,33-35H,4-8,22H2,1-3H3/b26-21+/t30-,33-,34+,35+/m0/s1. The topological polar surface area (TPSA) is 116 Å². The highest BCUT2D eigenvalue weighted by atomic mass is 16.5. The van der Waals surface area contributed by atoms with E-state index < -0.39 is 23.9 Å². The van der Waals surface area contributed by atoms with Gasteiger partial charge >= 0.3 is 0 Å². The first-order chi connectivity index (χ1) is 23.4. The third kappa shape index (κ3) is 5.74. The quantitative estimate of drug-likeness (QED) is 0.267. The van der Waals surface area contributed by atoms with Crippen molar-refractivity contribution >= 4 is 35.2 Å². The molecule has 1 saturated heterocycles. The maximum atomic E-state index is 14.2. The zero-order valence-corrected chi connectivity index (χ0v) is 27.3. The summed E-state index contributed by atoms with van der Waals surface area (Å²) >= 11 is 0. The molecule has 246 valence electrons. The molecule has 0 N–H and O–H groups in total. The molecule has 4 atom stereocenters. The lowest BCUT2D eigenvalue weighted by Crippen LogP contribution is -2.45. The first-order valence-corrected chi connectivity index (χ1v) is 16.5. The second-order valence-electron chi connectivity index (χ2n) is 12.4. The van der Waals surface area contributed by atoms with Crippen LogP contribution in [0, 0.1) is 12.8 Å². The second kappa shape index (κ2) is 13.1. The van der Waals surface area contributed by atoms with Crippen LogP contribution in [0.4, 0.5) is 5.69 Å². The molecule has 4 aliphatic rings. The van der Waals surface area contributed by atoms with Crippen molar-refractivity contribution in [1.82, 2.24) is 10.0 Å². The predicted molar refractivity (Wildman–Crippen MR) is 180 cm³/mol. The Morgan fingerprint density at radius 3 is 2.21 bits per heavy atom. The van der Waals surface area contributed by atoms with Crippen LogP contribution in [-0.2, 0) is 14.4 Å². The van der Waals surface area contributed by atoms with Crippen LogP contribution in [0.1, 0.15) is 55.8 Å². The maximum absolute atomic E-state index is 14.2. The molecule has 0 bridgehead atoms. The van der Waals surface area contributed by atoms with Gasteiger partial charge in [-0.05, 0) is 99.2 Å². The van der Waals surface area contributed by atoms with Gasteiger partial charge in [-0.1, -0.05) is 47.2 Å². The molecule has 0 radical (unpaired) electrons. The van der Waals surface area contributed by atoms with Gasteiger partial charge in [-0.3, -0.25) is 19.4 Å². The lowest BCUT2D eigenvalue weighted by molar-refractivity contribution is -0.136. The number of hydrazone groups is 1. The SMILES string of the molecule is CCOc1ccc(/C=C2\CCC[C@H]3C2=NN(C(=O)CN2N=N[C@@H]4C(=O)N(c5ccc(C)cc5)C(=O)[C@@H]42)[C@@H]3c2ccc(OCC)cc2)cc1. The van der Waals surface area contributed by atoms with Crippen molar-refractivity contribution in [2.45, 2.75) is 58.2 Å². The number of carbonyl (C=O) groups is 3. The number of carbonyl (C=O) groups excluding carboxylic acids is 3. The number of amides is 3. The van der Waals surface area contributed by atoms with Gasteiger partial charge in [-0.2, -0.15) is 10.2 Å². The molecule has 1 saturated carbocycles. The summed E-state index contributed by atoms with van der Waals surface area (Å²) in [6, 6.07) is 20.6. The Labute approximate surface area is 279 Å². The van der Waals surface area contributed by atoms with Crippen molar-refractivity contribution in [3.8, 4) is 11.5 Å². The summed E-state index contributed by atoms with van der Waals surface area (Å²) in [7, 11) is 0. The molecule has 3 aromatic carbocycles. The Bertz CT molecular complexity index is 1800. The molecule has 2 fully saturated rings. The van der Waals surface area contributed by atoms with E-state index in [2.05, 4.69) is 16.4 Å². The van der Waals surface area contributed by atoms with Gasteiger partial charge in [0.15, 0.2) is 12.1 Å². The fraction of sp³-hybridized carbons (Fsp3) is 0.351. The van der Waals surface area contributed by atoms with E-state index in [1.54, 1.807) is 17.1 Å². The summed E-state index contributed by atoms with van der Waals surface area (Å²) in [5.74, 6) is 0.327. The summed E-state index contributed by atoms with van der Waals surface area (Å²) < 4.78 is 11.3. The lowest BCUT2D eigenvalue weighted by atomic mass is 9.77. The predicted octanol–water partition coefficient (Wildman–Crippen LogP) is 5.91. The average molecular weight is 647 g/mol. The largest absolute Gasteiger partial charge is 0.494 e. The summed E-state index contributed by atoms with van der Waals surface area (Å²) in [4.78, 5) is 42.3. The Morgan fingerprint density at radius 2 is 1.54 bits per heavy atom. The van der Waals surface area contributed by atoms with Crippen LogP contribution < -0.4 is 14.4 Å². The number of hydrogen-bond donors (Lipinski definition) is 0. The molecule has 1 aliphatic carbocycles. The van der Waals surface area contributed by atoms with Crippen molar-refractivity contribution in [1.29, 1.82) is 0 Å². The van der Waals surface area contributed by atoms with E-state index >= 15 is 0 Å². The minimum atomic E-state index is -0.996. The Morgan fingerprint density at radius 1 is 0.875 bits per heavy atom. The van der Waals surface area contributed by atoms with E-state index in [1.165, 1.54) is 5.01 Å². The monoisotopic (exact) mass is 646 g/mol. The molecular weight excluding hydrogens is 608 g/mol. The molecule has 3 aliphatic heterocycles. The summed E-state index contributed by atoms with van der Waals surface area (Å²) in [6.45, 7) is 6.74. The molecule has 0 unspecified atom stereocenters. The fourth-order valence-electron chi connectivity index (χ4n) is 7.01. The molecule has 48 heavy (non-hydrogen) atoms. The number of hydrogen-bond acceptors (Lipinski definition) is 9. The third-order valence-electron chi connectivity index (χ3n) is 9.27. The smallest absolute Gasteiger partial charge is 0.264 e. The van der Waals surface area contributed by atoms with Crippen molar-refractivity contribution in [2.24, 2.45) is 21.4 Å².